The van der Waals surface area contributed by atoms with Crippen molar-refractivity contribution in [3.63, 3.8) is 0 Å². The lowest BCUT2D eigenvalue weighted by Crippen LogP contribution is -2.17. The van der Waals surface area contributed by atoms with E-state index in [2.05, 4.69) is 5.32 Å². The molecular weight excluding hydrogens is 358 g/mol. The van der Waals surface area contributed by atoms with Crippen LogP contribution >= 0.6 is 35.7 Å². The average molecular weight is 374 g/mol. The maximum absolute atomic E-state index is 11.9. The molecule has 0 unspecified atom stereocenters. The molecule has 0 bridgehead atoms. The fourth-order valence-corrected chi connectivity index (χ4v) is 4.22. The highest BCUT2D eigenvalue weighted by atomic mass is 32.2. The molecule has 0 spiro atoms. The maximum atomic E-state index is 11.9. The van der Waals surface area contributed by atoms with Gasteiger partial charge in [-0.05, 0) is 36.8 Å². The van der Waals surface area contributed by atoms with Crippen LogP contribution in [0, 0.1) is 0 Å². The SMILES string of the molecule is CCOc1ccccc1Sc1ccccc1C=C1SC(=S)NC1=O. The fraction of sp³-hybridized carbons (Fsp3) is 0.111. The van der Waals surface area contributed by atoms with Gasteiger partial charge in [-0.25, -0.2) is 0 Å². The Morgan fingerprint density at radius 3 is 2.58 bits per heavy atom. The zero-order chi connectivity index (χ0) is 16.9. The molecule has 1 amide bonds. The average Bonchev–Trinajstić information content (AvgIpc) is 2.89. The third-order valence-electron chi connectivity index (χ3n) is 3.22. The van der Waals surface area contributed by atoms with Crippen LogP contribution in [0.5, 0.6) is 5.75 Å². The van der Waals surface area contributed by atoms with Crippen molar-refractivity contribution in [2.24, 2.45) is 0 Å². The summed E-state index contributed by atoms with van der Waals surface area (Å²) in [5, 5.41) is 2.64. The molecule has 0 radical (unpaired) electrons. The van der Waals surface area contributed by atoms with Crippen LogP contribution in [0.15, 0.2) is 63.2 Å². The predicted octanol–water partition coefficient (Wildman–Crippen LogP) is 4.73. The van der Waals surface area contributed by atoms with Gasteiger partial charge < -0.3 is 10.1 Å². The first kappa shape index (κ1) is 17.1. The number of thioether (sulfide) groups is 1. The number of hydrogen-bond donors (Lipinski definition) is 1. The van der Waals surface area contributed by atoms with E-state index in [1.54, 1.807) is 11.8 Å². The van der Waals surface area contributed by atoms with Gasteiger partial charge in [0.2, 0.25) is 0 Å². The molecule has 6 heteroatoms. The number of carbonyl (C=O) groups excluding carboxylic acids is 1. The second-order valence-corrected chi connectivity index (χ2v) is 7.67. The van der Waals surface area contributed by atoms with E-state index in [9.17, 15) is 4.79 Å². The van der Waals surface area contributed by atoms with Crippen LogP contribution in [-0.4, -0.2) is 16.8 Å². The van der Waals surface area contributed by atoms with Gasteiger partial charge >= 0.3 is 0 Å². The fourth-order valence-electron chi connectivity index (χ4n) is 2.18. The van der Waals surface area contributed by atoms with Gasteiger partial charge in [0.1, 0.15) is 10.1 Å². The van der Waals surface area contributed by atoms with E-state index in [0.29, 0.717) is 15.8 Å². The molecular formula is C18H15NO2S3. The second kappa shape index (κ2) is 7.88. The summed E-state index contributed by atoms with van der Waals surface area (Å²) in [7, 11) is 0. The first-order valence-electron chi connectivity index (χ1n) is 7.41. The van der Waals surface area contributed by atoms with Crippen molar-refractivity contribution in [2.75, 3.05) is 6.61 Å². The van der Waals surface area contributed by atoms with Crippen molar-refractivity contribution in [1.82, 2.24) is 5.32 Å². The van der Waals surface area contributed by atoms with Crippen LogP contribution in [0.4, 0.5) is 0 Å². The molecule has 24 heavy (non-hydrogen) atoms. The van der Waals surface area contributed by atoms with Crippen LogP contribution in [-0.2, 0) is 4.79 Å². The molecule has 1 N–H and O–H groups in total. The summed E-state index contributed by atoms with van der Waals surface area (Å²) in [5.41, 5.74) is 0.983. The van der Waals surface area contributed by atoms with Crippen molar-refractivity contribution in [1.29, 1.82) is 0 Å². The topological polar surface area (TPSA) is 38.3 Å². The number of para-hydroxylation sites is 1. The van der Waals surface area contributed by atoms with E-state index in [0.717, 1.165) is 21.1 Å². The van der Waals surface area contributed by atoms with E-state index >= 15 is 0 Å². The van der Waals surface area contributed by atoms with Gasteiger partial charge in [-0.1, -0.05) is 66.1 Å². The number of rotatable bonds is 5. The van der Waals surface area contributed by atoms with E-state index in [-0.39, 0.29) is 5.91 Å². The Balaban J connectivity index is 1.92. The van der Waals surface area contributed by atoms with Crippen molar-refractivity contribution in [2.45, 2.75) is 16.7 Å². The molecule has 1 aliphatic heterocycles. The molecule has 3 rings (SSSR count). The van der Waals surface area contributed by atoms with Crippen LogP contribution in [0.2, 0.25) is 0 Å². The van der Waals surface area contributed by atoms with Crippen LogP contribution in [0.1, 0.15) is 12.5 Å². The Bertz CT molecular complexity index is 817. The molecule has 3 nitrogen and oxygen atoms in total. The highest BCUT2D eigenvalue weighted by Gasteiger charge is 2.22. The third kappa shape index (κ3) is 4.01. The van der Waals surface area contributed by atoms with Crippen molar-refractivity contribution < 1.29 is 9.53 Å². The zero-order valence-corrected chi connectivity index (χ0v) is 15.4. The van der Waals surface area contributed by atoms with Crippen LogP contribution in [0.3, 0.4) is 0 Å². The van der Waals surface area contributed by atoms with E-state index < -0.39 is 0 Å². The summed E-state index contributed by atoms with van der Waals surface area (Å²) < 4.78 is 6.19. The monoisotopic (exact) mass is 373 g/mol. The second-order valence-electron chi connectivity index (χ2n) is 4.87. The number of hydrogen-bond acceptors (Lipinski definition) is 5. The standard InChI is InChI=1S/C18H15NO2S3/c1-2-21-13-8-4-6-10-15(13)23-14-9-5-3-7-12(14)11-16-17(20)19-18(22)24-16/h3-11H,2H2,1H3,(H,19,20,22). The predicted molar refractivity (Wildman–Crippen MR) is 104 cm³/mol. The van der Waals surface area contributed by atoms with Crippen molar-refractivity contribution in [3.8, 4) is 5.75 Å². The van der Waals surface area contributed by atoms with Crippen LogP contribution in [0.25, 0.3) is 6.08 Å². The Kier molecular flexibility index (Phi) is 5.60. The highest BCUT2D eigenvalue weighted by Crippen LogP contribution is 2.38. The molecule has 1 heterocycles. The number of benzene rings is 2. The Morgan fingerprint density at radius 1 is 1.17 bits per heavy atom. The lowest BCUT2D eigenvalue weighted by atomic mass is 10.2. The van der Waals surface area contributed by atoms with E-state index in [1.165, 1.54) is 11.8 Å². The number of carbonyl (C=O) groups is 1. The number of nitrogens with one attached hydrogen (secondary N) is 1. The van der Waals surface area contributed by atoms with E-state index in [4.69, 9.17) is 17.0 Å². The normalized spacial score (nSPS) is 15.6. The smallest absolute Gasteiger partial charge is 0.263 e. The molecule has 0 aromatic heterocycles. The van der Waals surface area contributed by atoms with Gasteiger partial charge in [-0.2, -0.15) is 0 Å². The van der Waals surface area contributed by atoms with Crippen molar-refractivity contribution in [3.05, 3.63) is 59.0 Å². The molecule has 122 valence electrons. The van der Waals surface area contributed by atoms with Gasteiger partial charge in [0, 0.05) is 4.90 Å². The largest absolute Gasteiger partial charge is 0.493 e. The number of amides is 1. The molecule has 1 fully saturated rings. The summed E-state index contributed by atoms with van der Waals surface area (Å²) in [6, 6.07) is 15.9. The lowest BCUT2D eigenvalue weighted by molar-refractivity contribution is -0.115. The third-order valence-corrected chi connectivity index (χ3v) is 5.53. The van der Waals surface area contributed by atoms with Gasteiger partial charge in [0.05, 0.1) is 16.4 Å². The quantitative estimate of drug-likeness (QED) is 0.606. The minimum Gasteiger partial charge on any atom is -0.493 e. The highest BCUT2D eigenvalue weighted by molar-refractivity contribution is 8.26. The first-order valence-corrected chi connectivity index (χ1v) is 9.45. The zero-order valence-electron chi connectivity index (χ0n) is 12.9. The molecule has 1 aliphatic rings. The van der Waals surface area contributed by atoms with Crippen molar-refractivity contribution >= 4 is 52.0 Å². The van der Waals surface area contributed by atoms with Gasteiger partial charge in [0.15, 0.2) is 0 Å². The number of ether oxygens (including phenoxy) is 1. The first-order chi connectivity index (χ1) is 11.7. The molecule has 2 aromatic carbocycles. The summed E-state index contributed by atoms with van der Waals surface area (Å²) >= 11 is 7.96. The molecule has 0 atom stereocenters. The van der Waals surface area contributed by atoms with E-state index in [1.807, 2.05) is 61.5 Å². The minimum absolute atomic E-state index is 0.139. The maximum Gasteiger partial charge on any atom is 0.263 e. The lowest BCUT2D eigenvalue weighted by Gasteiger charge is -2.11. The van der Waals surface area contributed by atoms with Gasteiger partial charge in [0.25, 0.3) is 5.91 Å². The van der Waals surface area contributed by atoms with Gasteiger partial charge in [-0.3, -0.25) is 4.79 Å². The molecule has 2 aromatic rings. The minimum atomic E-state index is -0.139. The number of thiocarbonyl (C=S) groups is 1. The Morgan fingerprint density at radius 2 is 1.88 bits per heavy atom. The Hall–Kier alpha value is -1.76. The summed E-state index contributed by atoms with van der Waals surface area (Å²) in [5.74, 6) is 0.723. The molecule has 0 aliphatic carbocycles. The summed E-state index contributed by atoms with van der Waals surface area (Å²) in [6.45, 7) is 2.59. The molecule has 0 saturated carbocycles. The van der Waals surface area contributed by atoms with Crippen LogP contribution < -0.4 is 10.1 Å². The molecule has 1 saturated heterocycles. The summed E-state index contributed by atoms with van der Waals surface area (Å²) in [4.78, 5) is 14.6. The summed E-state index contributed by atoms with van der Waals surface area (Å²) in [6.07, 6.45) is 1.88. The Labute approximate surface area is 154 Å². The van der Waals surface area contributed by atoms with Gasteiger partial charge in [-0.15, -0.1) is 0 Å².